The van der Waals surface area contributed by atoms with E-state index in [-0.39, 0.29) is 30.5 Å². The molecule has 10 nitrogen and oxygen atoms in total. The summed E-state index contributed by atoms with van der Waals surface area (Å²) in [7, 11) is 6.49. The molecule has 1 aromatic heterocycles. The van der Waals surface area contributed by atoms with Crippen LogP contribution >= 0.6 is 0 Å². The fourth-order valence-electron chi connectivity index (χ4n) is 4.43. The zero-order chi connectivity index (χ0) is 29.7. The molecule has 0 aliphatic heterocycles. The molecule has 0 bridgehead atoms. The zero-order valence-corrected chi connectivity index (χ0v) is 23.6. The van der Waals surface area contributed by atoms with Crippen LogP contribution in [-0.4, -0.2) is 80.0 Å². The fourth-order valence-corrected chi connectivity index (χ4v) is 4.43. The molecule has 0 aliphatic rings. The number of fused-ring (bicyclic) bond motifs is 1. The molecule has 0 atom stereocenters. The number of nitrogens with one attached hydrogen (secondary N) is 1. The second kappa shape index (κ2) is 12.5. The number of H-pyrrole nitrogens is 1. The van der Waals surface area contributed by atoms with Crippen molar-refractivity contribution in [3.8, 4) is 5.88 Å². The molecule has 212 valence electrons. The van der Waals surface area contributed by atoms with Gasteiger partial charge in [-0.1, -0.05) is 36.4 Å². The molecule has 0 saturated heterocycles. The molecular weight excluding hydrogens is 524 g/mol. The van der Waals surface area contributed by atoms with Gasteiger partial charge in [-0.2, -0.15) is 0 Å². The van der Waals surface area contributed by atoms with Gasteiger partial charge in [-0.25, -0.2) is 14.6 Å². The third kappa shape index (κ3) is 6.28. The van der Waals surface area contributed by atoms with Gasteiger partial charge >= 0.3 is 11.9 Å². The molecule has 1 amide bonds. The topological polar surface area (TPSA) is 125 Å². The van der Waals surface area contributed by atoms with Crippen molar-refractivity contribution in [1.29, 1.82) is 0 Å². The van der Waals surface area contributed by atoms with Crippen molar-refractivity contribution >= 4 is 45.8 Å². The standard InChI is InChI=1S/C31H32N4O6/c1-6-41-31(39)23-17-21(13-15-25(23)35(4)26(36)18-34(2)3)32-28(19-10-8-7-9-11-19)27-22-14-12-20(30(38)40-5)16-24(22)33-29(27)37/h7-17,33,37H,6,18H2,1-5H3. The Hall–Kier alpha value is -4.96. The van der Waals surface area contributed by atoms with Crippen LogP contribution in [0.15, 0.2) is 71.7 Å². The van der Waals surface area contributed by atoms with Crippen molar-refractivity contribution < 1.29 is 29.0 Å². The predicted molar refractivity (Wildman–Crippen MR) is 157 cm³/mol. The Morgan fingerprint density at radius 3 is 2.32 bits per heavy atom. The number of aromatic amines is 1. The maximum absolute atomic E-state index is 13.0. The van der Waals surface area contributed by atoms with Crippen molar-refractivity contribution in [3.05, 3.63) is 89.0 Å². The van der Waals surface area contributed by atoms with E-state index in [1.54, 1.807) is 69.4 Å². The van der Waals surface area contributed by atoms with Gasteiger partial charge in [0.1, 0.15) is 0 Å². The van der Waals surface area contributed by atoms with Crippen LogP contribution in [-0.2, 0) is 14.3 Å². The minimum absolute atomic E-state index is 0.138. The SMILES string of the molecule is CCOC(=O)c1cc(N=C(c2ccccc2)c2c(O)[nH]c3cc(C(=O)OC)ccc23)ccc1N(C)C(=O)CN(C)C. The van der Waals surface area contributed by atoms with Gasteiger partial charge in [0.25, 0.3) is 0 Å². The van der Waals surface area contributed by atoms with Gasteiger partial charge in [-0.3, -0.25) is 4.79 Å². The Labute approximate surface area is 237 Å². The molecular formula is C31H32N4O6. The number of aromatic hydroxyl groups is 1. The van der Waals surface area contributed by atoms with Gasteiger partial charge in [0.15, 0.2) is 5.88 Å². The summed E-state index contributed by atoms with van der Waals surface area (Å²) >= 11 is 0. The van der Waals surface area contributed by atoms with Crippen molar-refractivity contribution in [2.75, 3.05) is 46.3 Å². The van der Waals surface area contributed by atoms with Crippen LogP contribution in [0.3, 0.4) is 0 Å². The van der Waals surface area contributed by atoms with Crippen LogP contribution in [0.1, 0.15) is 38.8 Å². The average Bonchev–Trinajstić information content (AvgIpc) is 3.29. The third-order valence-electron chi connectivity index (χ3n) is 6.39. The summed E-state index contributed by atoms with van der Waals surface area (Å²) in [5.74, 6) is -1.42. The molecule has 41 heavy (non-hydrogen) atoms. The number of hydrogen-bond donors (Lipinski definition) is 2. The van der Waals surface area contributed by atoms with Crippen LogP contribution in [0.25, 0.3) is 10.9 Å². The predicted octanol–water partition coefficient (Wildman–Crippen LogP) is 4.53. The lowest BCUT2D eigenvalue weighted by molar-refractivity contribution is -0.118. The first-order chi connectivity index (χ1) is 19.6. The Morgan fingerprint density at radius 2 is 1.66 bits per heavy atom. The lowest BCUT2D eigenvalue weighted by atomic mass is 10.00. The molecule has 10 heteroatoms. The smallest absolute Gasteiger partial charge is 0.340 e. The van der Waals surface area contributed by atoms with Crippen LogP contribution in [0.5, 0.6) is 5.88 Å². The number of amides is 1. The molecule has 0 unspecified atom stereocenters. The lowest BCUT2D eigenvalue weighted by Crippen LogP contribution is -2.35. The lowest BCUT2D eigenvalue weighted by Gasteiger charge is -2.22. The summed E-state index contributed by atoms with van der Waals surface area (Å²) in [6.45, 7) is 2.03. The van der Waals surface area contributed by atoms with E-state index in [1.165, 1.54) is 12.0 Å². The number of esters is 2. The molecule has 0 radical (unpaired) electrons. The maximum atomic E-state index is 13.0. The molecule has 0 spiro atoms. The van der Waals surface area contributed by atoms with E-state index in [4.69, 9.17) is 14.5 Å². The Bertz CT molecular complexity index is 1620. The van der Waals surface area contributed by atoms with Crippen LogP contribution in [0, 0.1) is 0 Å². The van der Waals surface area contributed by atoms with E-state index < -0.39 is 11.9 Å². The summed E-state index contributed by atoms with van der Waals surface area (Å²) in [5.41, 5.74) is 3.38. The molecule has 0 aliphatic carbocycles. The van der Waals surface area contributed by atoms with Gasteiger partial charge in [-0.15, -0.1) is 0 Å². The second-order valence-corrected chi connectivity index (χ2v) is 9.54. The Morgan fingerprint density at radius 1 is 0.927 bits per heavy atom. The normalized spacial score (nSPS) is 11.5. The Kier molecular flexibility index (Phi) is 8.84. The summed E-state index contributed by atoms with van der Waals surface area (Å²) in [6, 6.07) is 19.1. The summed E-state index contributed by atoms with van der Waals surface area (Å²) in [5, 5.41) is 11.7. The van der Waals surface area contributed by atoms with Crippen molar-refractivity contribution in [2.24, 2.45) is 4.99 Å². The van der Waals surface area contributed by atoms with Crippen LogP contribution in [0.4, 0.5) is 11.4 Å². The number of anilines is 1. The fraction of sp³-hybridized carbons (Fsp3) is 0.226. The summed E-state index contributed by atoms with van der Waals surface area (Å²) in [4.78, 5) is 48.8. The molecule has 0 saturated carbocycles. The van der Waals surface area contributed by atoms with Crippen LogP contribution < -0.4 is 4.90 Å². The molecule has 4 rings (SSSR count). The number of likely N-dealkylation sites (N-methyl/N-ethyl adjacent to an activating group) is 2. The molecule has 2 N–H and O–H groups in total. The van der Waals surface area contributed by atoms with E-state index >= 15 is 0 Å². The van der Waals surface area contributed by atoms with Crippen molar-refractivity contribution in [3.63, 3.8) is 0 Å². The highest BCUT2D eigenvalue weighted by Gasteiger charge is 2.23. The first-order valence-electron chi connectivity index (χ1n) is 12.9. The average molecular weight is 557 g/mol. The number of hydrogen-bond acceptors (Lipinski definition) is 8. The number of carbonyl (C=O) groups is 3. The highest BCUT2D eigenvalue weighted by atomic mass is 16.5. The van der Waals surface area contributed by atoms with Gasteiger partial charge in [0, 0.05) is 23.5 Å². The summed E-state index contributed by atoms with van der Waals surface area (Å²) in [6.07, 6.45) is 0. The van der Waals surface area contributed by atoms with E-state index in [0.717, 1.165) is 0 Å². The number of nitrogens with zero attached hydrogens (tertiary/aromatic N) is 3. The minimum atomic E-state index is -0.587. The molecule has 3 aromatic carbocycles. The Balaban J connectivity index is 1.89. The van der Waals surface area contributed by atoms with Crippen LogP contribution in [0.2, 0.25) is 0 Å². The van der Waals surface area contributed by atoms with E-state index in [9.17, 15) is 19.5 Å². The molecule has 1 heterocycles. The second-order valence-electron chi connectivity index (χ2n) is 9.54. The zero-order valence-electron chi connectivity index (χ0n) is 23.6. The van der Waals surface area contributed by atoms with E-state index in [2.05, 4.69) is 4.98 Å². The van der Waals surface area contributed by atoms with Gasteiger partial charge in [0.05, 0.1) is 54.0 Å². The van der Waals surface area contributed by atoms with Crippen molar-refractivity contribution in [1.82, 2.24) is 9.88 Å². The number of methoxy groups -OCH3 is 1. The molecule has 0 fully saturated rings. The number of rotatable bonds is 9. The van der Waals surface area contributed by atoms with Crippen molar-refractivity contribution in [2.45, 2.75) is 6.92 Å². The van der Waals surface area contributed by atoms with Gasteiger partial charge in [0.2, 0.25) is 5.91 Å². The van der Waals surface area contributed by atoms with E-state index in [1.807, 2.05) is 30.3 Å². The largest absolute Gasteiger partial charge is 0.494 e. The summed E-state index contributed by atoms with van der Waals surface area (Å²) < 4.78 is 10.1. The minimum Gasteiger partial charge on any atom is -0.494 e. The number of benzene rings is 3. The van der Waals surface area contributed by atoms with Gasteiger partial charge in [-0.05, 0) is 51.4 Å². The third-order valence-corrected chi connectivity index (χ3v) is 6.39. The first kappa shape index (κ1) is 29.0. The molecule has 4 aromatic rings. The first-order valence-corrected chi connectivity index (χ1v) is 12.9. The number of aliphatic imine (C=N–C) groups is 1. The monoisotopic (exact) mass is 556 g/mol. The van der Waals surface area contributed by atoms with E-state index in [0.29, 0.717) is 44.7 Å². The van der Waals surface area contributed by atoms with Gasteiger partial charge < -0.3 is 29.4 Å². The highest BCUT2D eigenvalue weighted by Crippen LogP contribution is 2.33. The number of ether oxygens (including phenoxy) is 2. The number of carbonyl (C=O) groups excluding carboxylic acids is 3. The number of aromatic nitrogens is 1. The maximum Gasteiger partial charge on any atom is 0.340 e. The quantitative estimate of drug-likeness (QED) is 0.229. The highest BCUT2D eigenvalue weighted by molar-refractivity contribution is 6.22.